The lowest BCUT2D eigenvalue weighted by molar-refractivity contribution is 0.0931. The predicted molar refractivity (Wildman–Crippen MR) is 108 cm³/mol. The Balaban J connectivity index is 0.00000225. The lowest BCUT2D eigenvalue weighted by atomic mass is 10.0. The molecular weight excluding hydrogens is 434 g/mol. The molecule has 0 bridgehead atoms. The largest absolute Gasteiger partial charge is 0.349 e. The second-order valence-electron chi connectivity index (χ2n) is 6.52. The van der Waals surface area contributed by atoms with Crippen molar-refractivity contribution >= 4 is 50.3 Å². The molecule has 1 aromatic carbocycles. The number of tetrazole rings is 1. The van der Waals surface area contributed by atoms with Gasteiger partial charge in [-0.15, -0.1) is 0 Å². The fraction of sp³-hybridized carbons (Fsp3) is 0.353. The molecule has 1 aliphatic heterocycles. The zero-order valence-electron chi connectivity index (χ0n) is 14.6. The minimum absolute atomic E-state index is 0. The van der Waals surface area contributed by atoms with E-state index in [1.54, 1.807) is 16.9 Å². The van der Waals surface area contributed by atoms with Gasteiger partial charge in [0.2, 0.25) is 5.95 Å². The number of aryl methyl sites for hydroxylation is 1. The first-order valence-corrected chi connectivity index (χ1v) is 9.71. The van der Waals surface area contributed by atoms with Crippen molar-refractivity contribution in [2.24, 2.45) is 7.05 Å². The van der Waals surface area contributed by atoms with Gasteiger partial charge in [0.1, 0.15) is 0 Å². The van der Waals surface area contributed by atoms with Crippen molar-refractivity contribution in [1.29, 1.82) is 0 Å². The number of halogens is 2. The molecule has 0 spiro atoms. The first-order chi connectivity index (χ1) is 13.0. The van der Waals surface area contributed by atoms with Gasteiger partial charge in [0.05, 0.1) is 16.1 Å². The summed E-state index contributed by atoms with van der Waals surface area (Å²) >= 11 is 9.53. The van der Waals surface area contributed by atoms with Crippen LogP contribution < -0.4 is 10.2 Å². The SMILES string of the molecule is Cn1nnnc1N1CCC(NC(=O)c2cnc3cc(Br)c(Cl)cc3c2)CC1.[HH]. The molecule has 3 heterocycles. The number of benzene rings is 1. The number of fused-ring (bicyclic) bond motifs is 1. The van der Waals surface area contributed by atoms with E-state index >= 15 is 0 Å². The molecule has 0 unspecified atom stereocenters. The zero-order chi connectivity index (χ0) is 19.0. The first-order valence-electron chi connectivity index (χ1n) is 8.54. The first kappa shape index (κ1) is 18.1. The van der Waals surface area contributed by atoms with Crippen LogP contribution in [0, 0.1) is 0 Å². The Bertz CT molecular complexity index is 1010. The molecule has 0 atom stereocenters. The van der Waals surface area contributed by atoms with Gasteiger partial charge in [-0.05, 0) is 57.4 Å². The summed E-state index contributed by atoms with van der Waals surface area (Å²) in [6.45, 7) is 1.58. The van der Waals surface area contributed by atoms with Crippen molar-refractivity contribution < 1.29 is 6.22 Å². The highest BCUT2D eigenvalue weighted by Gasteiger charge is 2.24. The van der Waals surface area contributed by atoms with Crippen molar-refractivity contribution in [2.45, 2.75) is 18.9 Å². The van der Waals surface area contributed by atoms with Gasteiger partial charge in [-0.25, -0.2) is 4.68 Å². The van der Waals surface area contributed by atoms with Gasteiger partial charge in [-0.3, -0.25) is 9.78 Å². The summed E-state index contributed by atoms with van der Waals surface area (Å²) in [4.78, 5) is 19.1. The molecule has 1 fully saturated rings. The Morgan fingerprint density at radius 1 is 1.33 bits per heavy atom. The van der Waals surface area contributed by atoms with Crippen LogP contribution in [0.1, 0.15) is 24.6 Å². The zero-order valence-corrected chi connectivity index (χ0v) is 16.9. The third kappa shape index (κ3) is 3.74. The summed E-state index contributed by atoms with van der Waals surface area (Å²) in [5, 5.41) is 16.1. The quantitative estimate of drug-likeness (QED) is 0.657. The van der Waals surface area contributed by atoms with E-state index in [1.807, 2.05) is 19.2 Å². The number of nitrogens with one attached hydrogen (secondary N) is 1. The lowest BCUT2D eigenvalue weighted by Gasteiger charge is -2.32. The Morgan fingerprint density at radius 3 is 2.81 bits per heavy atom. The van der Waals surface area contributed by atoms with Crippen molar-refractivity contribution in [2.75, 3.05) is 18.0 Å². The smallest absolute Gasteiger partial charge is 0.253 e. The molecule has 8 nitrogen and oxygen atoms in total. The summed E-state index contributed by atoms with van der Waals surface area (Å²) < 4.78 is 2.44. The topological polar surface area (TPSA) is 88.8 Å². The van der Waals surface area contributed by atoms with Gasteiger partial charge in [-0.1, -0.05) is 16.7 Å². The Kier molecular flexibility index (Phi) is 4.96. The van der Waals surface area contributed by atoms with Crippen LogP contribution in [0.4, 0.5) is 5.95 Å². The number of pyridine rings is 1. The van der Waals surface area contributed by atoms with Gasteiger partial charge >= 0.3 is 0 Å². The van der Waals surface area contributed by atoms with E-state index in [4.69, 9.17) is 11.6 Å². The molecule has 2 aromatic heterocycles. The average Bonchev–Trinajstić information content (AvgIpc) is 3.09. The number of carbonyl (C=O) groups excluding carboxylic acids is 1. The second kappa shape index (κ2) is 7.40. The minimum Gasteiger partial charge on any atom is -0.349 e. The van der Waals surface area contributed by atoms with Crippen LogP contribution in [0.25, 0.3) is 10.9 Å². The standard InChI is InChI=1S/C17H17BrClN7O.H2/c1-25-17(22-23-24-25)26-4-2-12(3-5-26)21-16(27)11-6-10-7-14(19)13(18)8-15(10)20-9-11;/h6-9,12H,2-5H2,1H3,(H,21,27);1H. The molecule has 27 heavy (non-hydrogen) atoms. The molecule has 4 rings (SSSR count). The second-order valence-corrected chi connectivity index (χ2v) is 7.78. The molecule has 142 valence electrons. The van der Waals surface area contributed by atoms with Crippen LogP contribution in [-0.4, -0.2) is 50.2 Å². The predicted octanol–water partition coefficient (Wildman–Crippen LogP) is 2.82. The van der Waals surface area contributed by atoms with Crippen LogP contribution in [0.2, 0.25) is 5.02 Å². The normalized spacial score (nSPS) is 15.3. The number of piperidine rings is 1. The molecule has 0 radical (unpaired) electrons. The van der Waals surface area contributed by atoms with Gasteiger partial charge in [-0.2, -0.15) is 0 Å². The molecule has 3 aromatic rings. The van der Waals surface area contributed by atoms with E-state index in [9.17, 15) is 4.79 Å². The maximum Gasteiger partial charge on any atom is 0.253 e. The fourth-order valence-electron chi connectivity index (χ4n) is 3.23. The maximum atomic E-state index is 12.6. The van der Waals surface area contributed by atoms with Gasteiger partial charge in [0.15, 0.2) is 0 Å². The molecule has 1 saturated heterocycles. The van der Waals surface area contributed by atoms with Gasteiger partial charge < -0.3 is 10.2 Å². The van der Waals surface area contributed by atoms with Crippen molar-refractivity contribution in [3.8, 4) is 0 Å². The summed E-state index contributed by atoms with van der Waals surface area (Å²) in [5.41, 5.74) is 1.31. The Hall–Kier alpha value is -2.26. The van der Waals surface area contributed by atoms with Gasteiger partial charge in [0, 0.05) is 43.7 Å². The molecule has 0 aliphatic carbocycles. The molecular formula is C17H19BrClN7O. The third-order valence-corrected chi connectivity index (χ3v) is 5.89. The highest BCUT2D eigenvalue weighted by Crippen LogP contribution is 2.27. The average molecular weight is 453 g/mol. The number of hydrogen-bond acceptors (Lipinski definition) is 6. The fourth-order valence-corrected chi connectivity index (χ4v) is 3.74. The van der Waals surface area contributed by atoms with Crippen LogP contribution in [0.15, 0.2) is 28.9 Å². The van der Waals surface area contributed by atoms with Crippen molar-refractivity contribution in [1.82, 2.24) is 30.5 Å². The Labute approximate surface area is 170 Å². The van der Waals surface area contributed by atoms with E-state index in [2.05, 4.69) is 46.7 Å². The summed E-state index contributed by atoms with van der Waals surface area (Å²) in [6, 6.07) is 5.57. The maximum absolute atomic E-state index is 12.6. The highest BCUT2D eigenvalue weighted by molar-refractivity contribution is 9.10. The van der Waals surface area contributed by atoms with Gasteiger partial charge in [0.25, 0.3) is 5.91 Å². The molecule has 1 N–H and O–H groups in total. The summed E-state index contributed by atoms with van der Waals surface area (Å²) in [6.07, 6.45) is 3.26. The number of rotatable bonds is 3. The van der Waals surface area contributed by atoms with E-state index in [1.165, 1.54) is 0 Å². The van der Waals surface area contributed by atoms with E-state index in [-0.39, 0.29) is 13.4 Å². The highest BCUT2D eigenvalue weighted by atomic mass is 79.9. The molecule has 1 amide bonds. The number of nitrogens with zero attached hydrogens (tertiary/aromatic N) is 6. The van der Waals surface area contributed by atoms with Crippen LogP contribution in [-0.2, 0) is 7.05 Å². The molecule has 1 aliphatic rings. The van der Waals surface area contributed by atoms with E-state index < -0.39 is 0 Å². The Morgan fingerprint density at radius 2 is 2.11 bits per heavy atom. The van der Waals surface area contributed by atoms with E-state index in [0.29, 0.717) is 10.6 Å². The van der Waals surface area contributed by atoms with Crippen molar-refractivity contribution in [3.05, 3.63) is 39.5 Å². The molecule has 0 saturated carbocycles. The lowest BCUT2D eigenvalue weighted by Crippen LogP contribution is -2.45. The van der Waals surface area contributed by atoms with E-state index in [0.717, 1.165) is 47.3 Å². The number of anilines is 1. The monoisotopic (exact) mass is 451 g/mol. The van der Waals surface area contributed by atoms with Crippen LogP contribution >= 0.6 is 27.5 Å². The van der Waals surface area contributed by atoms with Crippen LogP contribution in [0.5, 0.6) is 0 Å². The number of aromatic nitrogens is 5. The number of carbonyl (C=O) groups is 1. The number of hydrogen-bond donors (Lipinski definition) is 1. The minimum atomic E-state index is -0.123. The molecule has 10 heteroatoms. The van der Waals surface area contributed by atoms with Crippen LogP contribution in [0.3, 0.4) is 0 Å². The summed E-state index contributed by atoms with van der Waals surface area (Å²) in [7, 11) is 1.82. The third-order valence-electron chi connectivity index (χ3n) is 4.70. The summed E-state index contributed by atoms with van der Waals surface area (Å²) in [5.74, 6) is 0.628. The van der Waals surface area contributed by atoms with Crippen molar-refractivity contribution in [3.63, 3.8) is 0 Å². The number of amides is 1.